The van der Waals surface area contributed by atoms with Gasteiger partial charge in [0.1, 0.15) is 5.75 Å². The molecule has 3 unspecified atom stereocenters. The lowest BCUT2D eigenvalue weighted by Gasteiger charge is -2.19. The Hall–Kier alpha value is -1.59. The van der Waals surface area contributed by atoms with Crippen LogP contribution in [-0.4, -0.2) is 38.3 Å². The van der Waals surface area contributed by atoms with Gasteiger partial charge >= 0.3 is 0 Å². The Bertz CT molecular complexity index is 464. The topological polar surface area (TPSA) is 73.6 Å². The van der Waals surface area contributed by atoms with E-state index in [1.165, 1.54) is 0 Å². The van der Waals surface area contributed by atoms with E-state index >= 15 is 0 Å². The summed E-state index contributed by atoms with van der Waals surface area (Å²) in [5.41, 5.74) is 6.93. The van der Waals surface area contributed by atoms with Gasteiger partial charge in [-0.2, -0.15) is 0 Å². The summed E-state index contributed by atoms with van der Waals surface area (Å²) >= 11 is 0. The third kappa shape index (κ3) is 3.49. The van der Waals surface area contributed by atoms with Crippen LogP contribution in [0.2, 0.25) is 0 Å². The third-order valence-corrected chi connectivity index (χ3v) is 3.57. The molecule has 1 fully saturated rings. The molecule has 20 heavy (non-hydrogen) atoms. The van der Waals surface area contributed by atoms with Crippen molar-refractivity contribution >= 4 is 5.91 Å². The zero-order valence-electron chi connectivity index (χ0n) is 12.0. The fourth-order valence-corrected chi connectivity index (χ4v) is 2.44. The molecule has 0 radical (unpaired) electrons. The minimum absolute atomic E-state index is 0.0200. The predicted octanol–water partition coefficient (Wildman–Crippen LogP) is 0.716. The zero-order valence-corrected chi connectivity index (χ0v) is 12.0. The monoisotopic (exact) mass is 278 g/mol. The van der Waals surface area contributed by atoms with Gasteiger partial charge < -0.3 is 20.5 Å². The van der Waals surface area contributed by atoms with Gasteiger partial charge in [0, 0.05) is 12.1 Å². The maximum absolute atomic E-state index is 12.1. The maximum atomic E-state index is 12.1. The molecule has 1 aliphatic rings. The smallest absolute Gasteiger partial charge is 0.227 e. The van der Waals surface area contributed by atoms with Crippen molar-refractivity contribution in [2.24, 2.45) is 11.7 Å². The minimum atomic E-state index is -0.241. The van der Waals surface area contributed by atoms with Crippen LogP contribution in [0.25, 0.3) is 0 Å². The van der Waals surface area contributed by atoms with Gasteiger partial charge in [-0.15, -0.1) is 0 Å². The summed E-state index contributed by atoms with van der Waals surface area (Å²) in [5.74, 6) is 0.571. The molecule has 5 nitrogen and oxygen atoms in total. The second-order valence-corrected chi connectivity index (χ2v) is 5.23. The molecule has 1 saturated heterocycles. The molecule has 1 aromatic carbocycles. The van der Waals surface area contributed by atoms with Crippen LogP contribution in [0.15, 0.2) is 24.3 Å². The SMILES string of the molecule is COc1ccccc1CC(C)NC(=O)C1COCC1N. The highest BCUT2D eigenvalue weighted by molar-refractivity contribution is 5.80. The Morgan fingerprint density at radius 1 is 1.50 bits per heavy atom. The molecule has 2 rings (SSSR count). The fourth-order valence-electron chi connectivity index (χ4n) is 2.44. The van der Waals surface area contributed by atoms with E-state index < -0.39 is 0 Å². The van der Waals surface area contributed by atoms with Crippen molar-refractivity contribution < 1.29 is 14.3 Å². The average molecular weight is 278 g/mol. The van der Waals surface area contributed by atoms with Crippen LogP contribution >= 0.6 is 0 Å². The number of hydrogen-bond donors (Lipinski definition) is 2. The van der Waals surface area contributed by atoms with Crippen LogP contribution in [0.4, 0.5) is 0 Å². The Morgan fingerprint density at radius 2 is 2.25 bits per heavy atom. The number of rotatable bonds is 5. The van der Waals surface area contributed by atoms with E-state index in [1.807, 2.05) is 31.2 Å². The molecule has 1 aromatic rings. The second-order valence-electron chi connectivity index (χ2n) is 5.23. The summed E-state index contributed by atoms with van der Waals surface area (Å²) in [5, 5.41) is 3.00. The van der Waals surface area contributed by atoms with E-state index in [-0.39, 0.29) is 23.9 Å². The van der Waals surface area contributed by atoms with Crippen molar-refractivity contribution in [1.29, 1.82) is 0 Å². The van der Waals surface area contributed by atoms with Gasteiger partial charge in [-0.3, -0.25) is 4.79 Å². The van der Waals surface area contributed by atoms with Crippen molar-refractivity contribution in [2.45, 2.75) is 25.4 Å². The summed E-state index contributed by atoms with van der Waals surface area (Å²) in [4.78, 5) is 12.1. The van der Waals surface area contributed by atoms with Crippen LogP contribution in [0.1, 0.15) is 12.5 Å². The molecular formula is C15H22N2O3. The first-order chi connectivity index (χ1) is 9.61. The highest BCUT2D eigenvalue weighted by Gasteiger charge is 2.31. The van der Waals surface area contributed by atoms with Crippen LogP contribution in [-0.2, 0) is 16.0 Å². The van der Waals surface area contributed by atoms with Gasteiger partial charge in [0.15, 0.2) is 0 Å². The molecule has 0 aromatic heterocycles. The number of para-hydroxylation sites is 1. The van der Waals surface area contributed by atoms with E-state index in [2.05, 4.69) is 5.32 Å². The van der Waals surface area contributed by atoms with E-state index in [4.69, 9.17) is 15.2 Å². The number of carbonyl (C=O) groups is 1. The molecule has 0 aliphatic carbocycles. The van der Waals surface area contributed by atoms with Crippen molar-refractivity contribution in [3.8, 4) is 5.75 Å². The van der Waals surface area contributed by atoms with E-state index in [0.29, 0.717) is 13.2 Å². The Kier molecular flexibility index (Phi) is 4.98. The van der Waals surface area contributed by atoms with Gasteiger partial charge in [0.05, 0.1) is 26.2 Å². The summed E-state index contributed by atoms with van der Waals surface area (Å²) < 4.78 is 10.5. The molecule has 5 heteroatoms. The van der Waals surface area contributed by atoms with E-state index in [0.717, 1.165) is 17.7 Å². The number of methoxy groups -OCH3 is 1. The Labute approximate surface area is 119 Å². The Balaban J connectivity index is 1.92. The summed E-state index contributed by atoms with van der Waals surface area (Å²) in [6, 6.07) is 7.64. The van der Waals surface area contributed by atoms with Gasteiger partial charge in [-0.1, -0.05) is 18.2 Å². The summed E-state index contributed by atoms with van der Waals surface area (Å²) in [7, 11) is 1.65. The largest absolute Gasteiger partial charge is 0.496 e. The molecule has 3 atom stereocenters. The molecule has 3 N–H and O–H groups in total. The molecule has 0 bridgehead atoms. The second kappa shape index (κ2) is 6.72. The zero-order chi connectivity index (χ0) is 14.5. The molecular weight excluding hydrogens is 256 g/mol. The predicted molar refractivity (Wildman–Crippen MR) is 76.6 cm³/mol. The minimum Gasteiger partial charge on any atom is -0.496 e. The van der Waals surface area contributed by atoms with Gasteiger partial charge in [-0.05, 0) is 25.0 Å². The number of nitrogens with two attached hydrogens (primary N) is 1. The highest BCUT2D eigenvalue weighted by atomic mass is 16.5. The molecule has 0 saturated carbocycles. The highest BCUT2D eigenvalue weighted by Crippen LogP contribution is 2.19. The number of carbonyl (C=O) groups excluding carboxylic acids is 1. The van der Waals surface area contributed by atoms with Crippen molar-refractivity contribution in [3.05, 3.63) is 29.8 Å². The molecule has 110 valence electrons. The third-order valence-electron chi connectivity index (χ3n) is 3.57. The van der Waals surface area contributed by atoms with Crippen LogP contribution in [0, 0.1) is 5.92 Å². The van der Waals surface area contributed by atoms with Crippen molar-refractivity contribution in [1.82, 2.24) is 5.32 Å². The fraction of sp³-hybridized carbons (Fsp3) is 0.533. The van der Waals surface area contributed by atoms with Gasteiger partial charge in [0.2, 0.25) is 5.91 Å². The number of benzene rings is 1. The number of ether oxygens (including phenoxy) is 2. The van der Waals surface area contributed by atoms with E-state index in [1.54, 1.807) is 7.11 Å². The maximum Gasteiger partial charge on any atom is 0.227 e. The first kappa shape index (κ1) is 14.8. The first-order valence-corrected chi connectivity index (χ1v) is 6.87. The normalized spacial score (nSPS) is 23.4. The molecule has 1 amide bonds. The number of amides is 1. The lowest BCUT2D eigenvalue weighted by molar-refractivity contribution is -0.125. The van der Waals surface area contributed by atoms with Crippen LogP contribution < -0.4 is 15.8 Å². The van der Waals surface area contributed by atoms with Crippen molar-refractivity contribution in [2.75, 3.05) is 20.3 Å². The summed E-state index contributed by atoms with van der Waals surface area (Å²) in [6.07, 6.45) is 0.721. The van der Waals surface area contributed by atoms with Crippen LogP contribution in [0.3, 0.4) is 0 Å². The van der Waals surface area contributed by atoms with Crippen molar-refractivity contribution in [3.63, 3.8) is 0 Å². The molecule has 1 heterocycles. The average Bonchev–Trinajstić information content (AvgIpc) is 2.85. The number of nitrogens with one attached hydrogen (secondary N) is 1. The number of hydrogen-bond acceptors (Lipinski definition) is 4. The molecule has 0 spiro atoms. The molecule has 1 aliphatic heterocycles. The lowest BCUT2D eigenvalue weighted by atomic mass is 10.0. The van der Waals surface area contributed by atoms with Gasteiger partial charge in [0.25, 0.3) is 0 Å². The quantitative estimate of drug-likeness (QED) is 0.832. The van der Waals surface area contributed by atoms with Gasteiger partial charge in [-0.25, -0.2) is 0 Å². The Morgan fingerprint density at radius 3 is 2.90 bits per heavy atom. The standard InChI is InChI=1S/C15H22N2O3/c1-10(7-11-5-3-4-6-14(11)19-2)17-15(18)12-8-20-9-13(12)16/h3-6,10,12-13H,7-9,16H2,1-2H3,(H,17,18). The summed E-state index contributed by atoms with van der Waals surface area (Å²) in [6.45, 7) is 2.85. The first-order valence-electron chi connectivity index (χ1n) is 6.87. The lowest BCUT2D eigenvalue weighted by Crippen LogP contribution is -2.44. The van der Waals surface area contributed by atoms with E-state index in [9.17, 15) is 4.79 Å². The van der Waals surface area contributed by atoms with Crippen LogP contribution in [0.5, 0.6) is 5.75 Å².